The van der Waals surface area contributed by atoms with Gasteiger partial charge in [-0.05, 0) is 54.8 Å². The van der Waals surface area contributed by atoms with Crippen molar-refractivity contribution in [3.63, 3.8) is 0 Å². The second kappa shape index (κ2) is 7.27. The molecule has 0 bridgehead atoms. The van der Waals surface area contributed by atoms with Crippen molar-refractivity contribution in [3.05, 3.63) is 58.1 Å². The molecule has 2 rings (SSSR count). The number of ether oxygens (including phenoxy) is 1. The summed E-state index contributed by atoms with van der Waals surface area (Å²) in [6, 6.07) is 13.5. The van der Waals surface area contributed by atoms with Gasteiger partial charge in [-0.25, -0.2) is 0 Å². The van der Waals surface area contributed by atoms with Crippen molar-refractivity contribution in [1.29, 1.82) is 0 Å². The number of rotatable bonds is 5. The van der Waals surface area contributed by atoms with Crippen LogP contribution in [0.5, 0.6) is 5.75 Å². The molecule has 0 aliphatic rings. The van der Waals surface area contributed by atoms with Crippen molar-refractivity contribution >= 4 is 27.5 Å². The minimum Gasteiger partial charge on any atom is -0.484 e. The summed E-state index contributed by atoms with van der Waals surface area (Å²) in [5.74, 6) is 0.533. The van der Waals surface area contributed by atoms with Crippen molar-refractivity contribution in [2.24, 2.45) is 0 Å². The Hall–Kier alpha value is -1.81. The van der Waals surface area contributed by atoms with E-state index in [-0.39, 0.29) is 12.5 Å². The molecule has 0 aliphatic heterocycles. The van der Waals surface area contributed by atoms with Gasteiger partial charge in [0.25, 0.3) is 5.91 Å². The highest BCUT2D eigenvalue weighted by Gasteiger charge is 2.05. The van der Waals surface area contributed by atoms with Crippen LogP contribution in [0.4, 0.5) is 5.69 Å². The number of nitrogens with one attached hydrogen (secondary N) is 1. The number of carbonyl (C=O) groups is 1. The van der Waals surface area contributed by atoms with E-state index in [0.29, 0.717) is 5.75 Å². The van der Waals surface area contributed by atoms with Crippen molar-refractivity contribution in [2.75, 3.05) is 11.9 Å². The molecule has 2 aromatic rings. The molecule has 0 radical (unpaired) electrons. The molecule has 110 valence electrons. The summed E-state index contributed by atoms with van der Waals surface area (Å²) in [7, 11) is 0. The van der Waals surface area contributed by atoms with E-state index in [1.165, 1.54) is 5.56 Å². The molecule has 1 N–H and O–H groups in total. The van der Waals surface area contributed by atoms with E-state index in [0.717, 1.165) is 22.1 Å². The van der Waals surface area contributed by atoms with E-state index in [2.05, 4.69) is 28.2 Å². The van der Waals surface area contributed by atoms with E-state index in [9.17, 15) is 4.79 Å². The number of carbonyl (C=O) groups excluding carboxylic acids is 1. The topological polar surface area (TPSA) is 38.3 Å². The third kappa shape index (κ3) is 4.60. The first-order valence-electron chi connectivity index (χ1n) is 6.86. The van der Waals surface area contributed by atoms with Gasteiger partial charge < -0.3 is 10.1 Å². The summed E-state index contributed by atoms with van der Waals surface area (Å²) in [4.78, 5) is 11.9. The lowest BCUT2D eigenvalue weighted by Gasteiger charge is -2.09. The Morgan fingerprint density at radius 3 is 2.52 bits per heavy atom. The quantitative estimate of drug-likeness (QED) is 0.873. The van der Waals surface area contributed by atoms with Gasteiger partial charge in [0.15, 0.2) is 6.61 Å². The predicted molar refractivity (Wildman–Crippen MR) is 88.8 cm³/mol. The smallest absolute Gasteiger partial charge is 0.262 e. The summed E-state index contributed by atoms with van der Waals surface area (Å²) >= 11 is 3.43. The zero-order valence-corrected chi connectivity index (χ0v) is 13.7. The molecular weight excluding hydrogens is 330 g/mol. The summed E-state index contributed by atoms with van der Waals surface area (Å²) in [6.07, 6.45) is 0.990. The van der Waals surface area contributed by atoms with Crippen molar-refractivity contribution in [1.82, 2.24) is 0 Å². The average molecular weight is 348 g/mol. The Balaban J connectivity index is 1.87. The van der Waals surface area contributed by atoms with Gasteiger partial charge in [0.2, 0.25) is 0 Å². The first kappa shape index (κ1) is 15.6. The van der Waals surface area contributed by atoms with Crippen molar-refractivity contribution in [2.45, 2.75) is 20.3 Å². The Morgan fingerprint density at radius 2 is 1.90 bits per heavy atom. The molecule has 3 nitrogen and oxygen atoms in total. The van der Waals surface area contributed by atoms with Crippen LogP contribution in [0.25, 0.3) is 0 Å². The van der Waals surface area contributed by atoms with Crippen LogP contribution in [-0.2, 0) is 11.2 Å². The second-order valence-electron chi connectivity index (χ2n) is 4.80. The van der Waals surface area contributed by atoms with Crippen LogP contribution in [-0.4, -0.2) is 12.5 Å². The van der Waals surface area contributed by atoms with Crippen LogP contribution in [0, 0.1) is 6.92 Å². The lowest BCUT2D eigenvalue weighted by Crippen LogP contribution is -2.20. The van der Waals surface area contributed by atoms with Crippen LogP contribution in [0.3, 0.4) is 0 Å². The van der Waals surface area contributed by atoms with Crippen LogP contribution < -0.4 is 10.1 Å². The Labute approximate surface area is 133 Å². The average Bonchev–Trinajstić information content (AvgIpc) is 2.49. The number of benzene rings is 2. The molecular formula is C17H18BrNO2. The third-order valence-electron chi connectivity index (χ3n) is 3.14. The maximum atomic E-state index is 11.9. The minimum atomic E-state index is -0.170. The predicted octanol–water partition coefficient (Wildman–Crippen LogP) is 4.34. The molecule has 0 spiro atoms. The molecule has 0 heterocycles. The lowest BCUT2D eigenvalue weighted by atomic mass is 10.2. The molecule has 0 unspecified atom stereocenters. The highest BCUT2D eigenvalue weighted by atomic mass is 79.9. The molecule has 21 heavy (non-hydrogen) atoms. The fraction of sp³-hybridized carbons (Fsp3) is 0.235. The Morgan fingerprint density at radius 1 is 1.19 bits per heavy atom. The van der Waals surface area contributed by atoms with Crippen LogP contribution in [0.1, 0.15) is 18.1 Å². The molecule has 4 heteroatoms. The Kier molecular flexibility index (Phi) is 5.39. The Bertz CT molecular complexity index is 623. The van der Waals surface area contributed by atoms with E-state index >= 15 is 0 Å². The monoisotopic (exact) mass is 347 g/mol. The first-order chi connectivity index (χ1) is 10.1. The number of hydrogen-bond donors (Lipinski definition) is 1. The number of anilines is 1. The number of aryl methyl sites for hydroxylation is 2. The van der Waals surface area contributed by atoms with Gasteiger partial charge >= 0.3 is 0 Å². The van der Waals surface area contributed by atoms with Gasteiger partial charge in [0.05, 0.1) is 0 Å². The van der Waals surface area contributed by atoms with Crippen molar-refractivity contribution in [3.8, 4) is 5.75 Å². The van der Waals surface area contributed by atoms with Gasteiger partial charge in [-0.1, -0.05) is 35.0 Å². The van der Waals surface area contributed by atoms with Gasteiger partial charge in [-0.2, -0.15) is 0 Å². The van der Waals surface area contributed by atoms with E-state index in [1.54, 1.807) is 0 Å². The van der Waals surface area contributed by atoms with Crippen LogP contribution in [0.2, 0.25) is 0 Å². The van der Waals surface area contributed by atoms with E-state index in [1.807, 2.05) is 49.4 Å². The van der Waals surface area contributed by atoms with Gasteiger partial charge in [-0.15, -0.1) is 0 Å². The number of amides is 1. The largest absolute Gasteiger partial charge is 0.484 e. The molecule has 2 aromatic carbocycles. The van der Waals surface area contributed by atoms with Gasteiger partial charge in [0.1, 0.15) is 5.75 Å². The van der Waals surface area contributed by atoms with Crippen molar-refractivity contribution < 1.29 is 9.53 Å². The normalized spacial score (nSPS) is 10.2. The first-order valence-corrected chi connectivity index (χ1v) is 7.65. The molecule has 1 amide bonds. The molecule has 0 atom stereocenters. The fourth-order valence-electron chi connectivity index (χ4n) is 1.89. The number of halogens is 1. The molecule has 0 saturated carbocycles. The zero-order valence-electron chi connectivity index (χ0n) is 12.2. The van der Waals surface area contributed by atoms with Crippen LogP contribution >= 0.6 is 15.9 Å². The highest BCUT2D eigenvalue weighted by molar-refractivity contribution is 9.10. The summed E-state index contributed by atoms with van der Waals surface area (Å²) < 4.78 is 6.49. The van der Waals surface area contributed by atoms with Gasteiger partial charge in [0, 0.05) is 10.2 Å². The van der Waals surface area contributed by atoms with Gasteiger partial charge in [-0.3, -0.25) is 4.79 Å². The van der Waals surface area contributed by atoms with Crippen LogP contribution in [0.15, 0.2) is 46.9 Å². The molecule has 0 aliphatic carbocycles. The second-order valence-corrected chi connectivity index (χ2v) is 5.65. The minimum absolute atomic E-state index is 0.000579. The maximum absolute atomic E-state index is 11.9. The molecule has 0 saturated heterocycles. The van der Waals surface area contributed by atoms with E-state index in [4.69, 9.17) is 4.74 Å². The zero-order chi connectivity index (χ0) is 15.2. The molecule has 0 aromatic heterocycles. The standard InChI is InChI=1S/C17H18BrNO2/c1-3-13-4-7-15(8-5-13)21-11-17(20)19-14-6-9-16(18)12(2)10-14/h4-10H,3,11H2,1-2H3,(H,19,20). The number of hydrogen-bond acceptors (Lipinski definition) is 2. The summed E-state index contributed by atoms with van der Waals surface area (Å²) in [6.45, 7) is 4.08. The van der Waals surface area contributed by atoms with E-state index < -0.39 is 0 Å². The summed E-state index contributed by atoms with van der Waals surface area (Å²) in [5, 5.41) is 2.82. The fourth-order valence-corrected chi connectivity index (χ4v) is 2.14. The molecule has 0 fully saturated rings. The summed E-state index contributed by atoms with van der Waals surface area (Å²) in [5.41, 5.74) is 3.09. The highest BCUT2D eigenvalue weighted by Crippen LogP contribution is 2.20. The SMILES string of the molecule is CCc1ccc(OCC(=O)Nc2ccc(Br)c(C)c2)cc1. The third-order valence-corrected chi connectivity index (χ3v) is 4.03. The lowest BCUT2D eigenvalue weighted by molar-refractivity contribution is -0.118. The maximum Gasteiger partial charge on any atom is 0.262 e.